The smallest absolute Gasteiger partial charge is 0.262 e. The number of hydrogen-bond acceptors (Lipinski definition) is 4. The van der Waals surface area contributed by atoms with Gasteiger partial charge in [0.2, 0.25) is 0 Å². The number of benzene rings is 1. The lowest BCUT2D eigenvalue weighted by atomic mass is 10.1. The van der Waals surface area contributed by atoms with Crippen LogP contribution < -0.4 is 10.1 Å². The summed E-state index contributed by atoms with van der Waals surface area (Å²) in [6, 6.07) is 9.35. The minimum Gasteiger partial charge on any atom is -0.481 e. The monoisotopic (exact) mass is 326 g/mol. The number of hydrogen-bond donors (Lipinski definition) is 2. The lowest BCUT2D eigenvalue weighted by molar-refractivity contribution is -0.129. The molecule has 2 N–H and O–H groups in total. The molecular weight excluding hydrogens is 304 g/mol. The van der Waals surface area contributed by atoms with Gasteiger partial charge in [0.05, 0.1) is 11.1 Å². The summed E-state index contributed by atoms with van der Waals surface area (Å²) in [4.78, 5) is 16.7. The highest BCUT2D eigenvalue weighted by atomic mass is 16.5. The van der Waals surface area contributed by atoms with Gasteiger partial charge in [-0.3, -0.25) is 9.78 Å². The molecule has 0 fully saturated rings. The summed E-state index contributed by atoms with van der Waals surface area (Å²) in [5.74, 6) is 5.76. The van der Waals surface area contributed by atoms with Gasteiger partial charge in [0, 0.05) is 11.6 Å². The van der Waals surface area contributed by atoms with Crippen LogP contribution in [0, 0.1) is 11.8 Å². The minimum atomic E-state index is -0.732. The van der Waals surface area contributed by atoms with Crippen LogP contribution in [0.15, 0.2) is 36.5 Å². The lowest BCUT2D eigenvalue weighted by Gasteiger charge is -2.24. The topological polar surface area (TPSA) is 71.5 Å². The highest BCUT2D eigenvalue weighted by Gasteiger charge is 2.24. The second-order valence-electron chi connectivity index (χ2n) is 5.95. The van der Waals surface area contributed by atoms with E-state index >= 15 is 0 Å². The van der Waals surface area contributed by atoms with Crippen molar-refractivity contribution in [1.82, 2.24) is 10.3 Å². The van der Waals surface area contributed by atoms with E-state index in [9.17, 15) is 4.79 Å². The first-order valence-corrected chi connectivity index (χ1v) is 7.89. The second kappa shape index (κ2) is 7.80. The average Bonchev–Trinajstić information content (AvgIpc) is 2.57. The van der Waals surface area contributed by atoms with E-state index in [1.165, 1.54) is 0 Å². The molecule has 1 unspecified atom stereocenters. The number of nitrogens with one attached hydrogen (secondary N) is 1. The van der Waals surface area contributed by atoms with Crippen molar-refractivity contribution >= 4 is 16.8 Å². The van der Waals surface area contributed by atoms with E-state index in [1.54, 1.807) is 20.0 Å². The van der Waals surface area contributed by atoms with Crippen LogP contribution in [0.2, 0.25) is 0 Å². The Balaban J connectivity index is 2.11. The summed E-state index contributed by atoms with van der Waals surface area (Å²) < 4.78 is 5.85. The van der Waals surface area contributed by atoms with E-state index in [4.69, 9.17) is 9.84 Å². The Hall–Kier alpha value is -2.58. The van der Waals surface area contributed by atoms with Crippen LogP contribution in [-0.4, -0.2) is 34.2 Å². The zero-order valence-corrected chi connectivity index (χ0v) is 14.2. The van der Waals surface area contributed by atoms with Gasteiger partial charge in [0.15, 0.2) is 6.10 Å². The third-order valence-electron chi connectivity index (χ3n) is 3.43. The zero-order chi connectivity index (χ0) is 17.6. The normalized spacial score (nSPS) is 12.2. The van der Waals surface area contributed by atoms with Crippen molar-refractivity contribution in [1.29, 1.82) is 0 Å². The Morgan fingerprint density at radius 1 is 1.42 bits per heavy atom. The number of carbonyl (C=O) groups is 1. The molecule has 0 aliphatic heterocycles. The summed E-state index contributed by atoms with van der Waals surface area (Å²) in [5, 5.41) is 12.6. The molecule has 2 rings (SSSR count). The lowest BCUT2D eigenvalue weighted by Crippen LogP contribution is -2.48. The van der Waals surface area contributed by atoms with E-state index < -0.39 is 11.6 Å². The van der Waals surface area contributed by atoms with Gasteiger partial charge in [-0.15, -0.1) is 0 Å². The van der Waals surface area contributed by atoms with Crippen molar-refractivity contribution in [2.75, 3.05) is 6.61 Å². The van der Waals surface area contributed by atoms with Crippen molar-refractivity contribution in [3.63, 3.8) is 0 Å². The maximum atomic E-state index is 12.4. The summed E-state index contributed by atoms with van der Waals surface area (Å²) in [6.07, 6.45) is 1.65. The number of pyridine rings is 1. The summed E-state index contributed by atoms with van der Waals surface area (Å²) >= 11 is 0. The van der Waals surface area contributed by atoms with Gasteiger partial charge in [-0.25, -0.2) is 0 Å². The molecule has 1 aromatic carbocycles. The SMILES string of the molecule is CCC(Oc1ccc2ncccc2c1)C(=O)NC(C)(C)C#CCO. The highest BCUT2D eigenvalue weighted by molar-refractivity contribution is 5.83. The van der Waals surface area contributed by atoms with Gasteiger partial charge < -0.3 is 15.2 Å². The predicted molar refractivity (Wildman–Crippen MR) is 93.5 cm³/mol. The minimum absolute atomic E-state index is 0.235. The van der Waals surface area contributed by atoms with Crippen LogP contribution in [0.25, 0.3) is 10.9 Å². The Morgan fingerprint density at radius 3 is 2.92 bits per heavy atom. The fraction of sp³-hybridized carbons (Fsp3) is 0.368. The van der Waals surface area contributed by atoms with E-state index in [1.807, 2.05) is 37.3 Å². The fourth-order valence-electron chi connectivity index (χ4n) is 2.29. The number of rotatable bonds is 5. The third-order valence-corrected chi connectivity index (χ3v) is 3.43. The van der Waals surface area contributed by atoms with Gasteiger partial charge >= 0.3 is 0 Å². The fourth-order valence-corrected chi connectivity index (χ4v) is 2.29. The molecule has 126 valence electrons. The zero-order valence-electron chi connectivity index (χ0n) is 14.2. The number of fused-ring (bicyclic) bond motifs is 1. The Morgan fingerprint density at radius 2 is 2.21 bits per heavy atom. The molecule has 1 aromatic heterocycles. The molecule has 0 bridgehead atoms. The summed E-state index contributed by atoms with van der Waals surface area (Å²) in [6.45, 7) is 5.21. The molecule has 0 saturated carbocycles. The highest BCUT2D eigenvalue weighted by Crippen LogP contribution is 2.20. The van der Waals surface area contributed by atoms with Gasteiger partial charge in [-0.2, -0.15) is 0 Å². The summed E-state index contributed by atoms with van der Waals surface area (Å²) in [5.41, 5.74) is 0.145. The van der Waals surface area contributed by atoms with Gasteiger partial charge in [0.25, 0.3) is 5.91 Å². The molecule has 0 radical (unpaired) electrons. The summed E-state index contributed by atoms with van der Waals surface area (Å²) in [7, 11) is 0. The number of aliphatic hydroxyl groups excluding tert-OH is 1. The Kier molecular flexibility index (Phi) is 5.78. The Bertz CT molecular complexity index is 775. The standard InChI is InChI=1S/C19H22N2O3/c1-4-17(18(23)21-19(2,3)10-6-12-22)24-15-8-9-16-14(13-15)7-5-11-20-16/h5,7-9,11,13,17,22H,4,12H2,1-3H3,(H,21,23). The van der Waals surface area contributed by atoms with Crippen molar-refractivity contribution in [3.8, 4) is 17.6 Å². The van der Waals surface area contributed by atoms with Crippen molar-refractivity contribution in [2.45, 2.75) is 38.8 Å². The first-order valence-electron chi connectivity index (χ1n) is 7.89. The van der Waals surface area contributed by atoms with Gasteiger partial charge in [-0.1, -0.05) is 24.8 Å². The van der Waals surface area contributed by atoms with E-state index in [0.29, 0.717) is 12.2 Å². The predicted octanol–water partition coefficient (Wildman–Crippen LogP) is 2.28. The molecule has 0 aliphatic carbocycles. The van der Waals surface area contributed by atoms with Crippen LogP contribution in [0.5, 0.6) is 5.75 Å². The molecular formula is C19H22N2O3. The average molecular weight is 326 g/mol. The Labute approximate surface area is 142 Å². The first-order chi connectivity index (χ1) is 11.4. The molecule has 1 heterocycles. The molecule has 24 heavy (non-hydrogen) atoms. The number of amides is 1. The van der Waals surface area contributed by atoms with Crippen LogP contribution in [-0.2, 0) is 4.79 Å². The van der Waals surface area contributed by atoms with Crippen LogP contribution in [0.4, 0.5) is 0 Å². The second-order valence-corrected chi connectivity index (χ2v) is 5.95. The molecule has 0 aliphatic rings. The molecule has 0 spiro atoms. The van der Waals surface area contributed by atoms with Crippen LogP contribution in [0.3, 0.4) is 0 Å². The maximum absolute atomic E-state index is 12.4. The largest absolute Gasteiger partial charge is 0.481 e. The van der Waals surface area contributed by atoms with E-state index in [0.717, 1.165) is 10.9 Å². The van der Waals surface area contributed by atoms with Crippen LogP contribution in [0.1, 0.15) is 27.2 Å². The quantitative estimate of drug-likeness (QED) is 0.827. The first kappa shape index (κ1) is 17.8. The molecule has 5 nitrogen and oxygen atoms in total. The molecule has 1 atom stereocenters. The van der Waals surface area contributed by atoms with E-state index in [-0.39, 0.29) is 12.5 Å². The maximum Gasteiger partial charge on any atom is 0.262 e. The number of aromatic nitrogens is 1. The molecule has 1 amide bonds. The van der Waals surface area contributed by atoms with E-state index in [2.05, 4.69) is 22.1 Å². The number of carbonyl (C=O) groups excluding carboxylic acids is 1. The number of nitrogens with zero attached hydrogens (tertiary/aromatic N) is 1. The number of ether oxygens (including phenoxy) is 1. The third kappa shape index (κ3) is 4.71. The van der Waals surface area contributed by atoms with Gasteiger partial charge in [0.1, 0.15) is 12.4 Å². The number of aliphatic hydroxyl groups is 1. The van der Waals surface area contributed by atoms with Crippen molar-refractivity contribution < 1.29 is 14.6 Å². The van der Waals surface area contributed by atoms with Crippen molar-refractivity contribution in [3.05, 3.63) is 36.5 Å². The van der Waals surface area contributed by atoms with Crippen LogP contribution >= 0.6 is 0 Å². The van der Waals surface area contributed by atoms with Crippen molar-refractivity contribution in [2.24, 2.45) is 0 Å². The molecule has 5 heteroatoms. The molecule has 0 saturated heterocycles. The van der Waals surface area contributed by atoms with Gasteiger partial charge in [-0.05, 0) is 44.5 Å². The molecule has 2 aromatic rings.